The van der Waals surface area contributed by atoms with Crippen LogP contribution in [0.4, 0.5) is 0 Å². The van der Waals surface area contributed by atoms with Gasteiger partial charge >= 0.3 is 0 Å². The van der Waals surface area contributed by atoms with Crippen LogP contribution in [0.3, 0.4) is 0 Å². The summed E-state index contributed by atoms with van der Waals surface area (Å²) in [5.41, 5.74) is -1.36. The second kappa shape index (κ2) is 7.76. The monoisotopic (exact) mass is 401 g/mol. The third kappa shape index (κ3) is 2.98. The predicted octanol–water partition coefficient (Wildman–Crippen LogP) is 2.63. The molecule has 3 aromatic carbocycles. The van der Waals surface area contributed by atoms with Gasteiger partial charge < -0.3 is 5.21 Å². The van der Waals surface area contributed by atoms with E-state index in [2.05, 4.69) is 0 Å². The molecule has 0 heterocycles. The summed E-state index contributed by atoms with van der Waals surface area (Å²) in [6.45, 7) is 0. The lowest BCUT2D eigenvalue weighted by molar-refractivity contribution is -1.07. The Morgan fingerprint density at radius 1 is 0.833 bits per heavy atom. The van der Waals surface area contributed by atoms with E-state index in [1.54, 1.807) is 72.8 Å². The van der Waals surface area contributed by atoms with Gasteiger partial charge in [-0.05, 0) is 5.56 Å². The second-order valence-electron chi connectivity index (χ2n) is 7.27. The van der Waals surface area contributed by atoms with Crippen molar-refractivity contribution < 1.29 is 24.8 Å². The molecule has 0 fully saturated rings. The maximum Gasteiger partial charge on any atom is 0.260 e. The molecule has 0 amide bonds. The van der Waals surface area contributed by atoms with Gasteiger partial charge in [0.15, 0.2) is 5.78 Å². The molecule has 0 saturated carbocycles. The summed E-state index contributed by atoms with van der Waals surface area (Å²) < 4.78 is 0. The molecule has 0 bridgehead atoms. The highest BCUT2D eigenvalue weighted by Gasteiger charge is 2.64. The summed E-state index contributed by atoms with van der Waals surface area (Å²) in [6, 6.07) is 23.0. The van der Waals surface area contributed by atoms with Gasteiger partial charge in [0, 0.05) is 23.1 Å². The zero-order chi connectivity index (χ0) is 21.3. The summed E-state index contributed by atoms with van der Waals surface area (Å²) >= 11 is 0. The minimum Gasteiger partial charge on any atom is -0.599 e. The minimum atomic E-state index is -2.38. The fourth-order valence-electron chi connectivity index (χ4n) is 4.20. The Balaban J connectivity index is 1.88. The smallest absolute Gasteiger partial charge is 0.260 e. The molecule has 3 aromatic rings. The Hall–Kier alpha value is -3.45. The Bertz CT molecular complexity index is 1070. The summed E-state index contributed by atoms with van der Waals surface area (Å²) in [7, 11) is 0. The molecule has 1 unspecified atom stereocenters. The van der Waals surface area contributed by atoms with Crippen molar-refractivity contribution >= 4 is 17.3 Å². The van der Waals surface area contributed by atoms with Crippen molar-refractivity contribution in [3.63, 3.8) is 0 Å². The van der Waals surface area contributed by atoms with Gasteiger partial charge in [0.25, 0.3) is 5.54 Å². The first-order valence-corrected chi connectivity index (χ1v) is 9.53. The highest BCUT2D eigenvalue weighted by molar-refractivity contribution is 6.32. The van der Waals surface area contributed by atoms with Gasteiger partial charge in [0.05, 0.1) is 5.92 Å². The zero-order valence-corrected chi connectivity index (χ0v) is 15.9. The predicted molar refractivity (Wildman–Crippen MR) is 109 cm³/mol. The molecular formula is C24H19NO5. The Morgan fingerprint density at radius 2 is 1.30 bits per heavy atom. The quantitative estimate of drug-likeness (QED) is 0.376. The first-order chi connectivity index (χ1) is 14.5. The van der Waals surface area contributed by atoms with E-state index >= 15 is 0 Å². The molecule has 0 saturated heterocycles. The lowest BCUT2D eigenvalue weighted by Crippen LogP contribution is -3.17. The zero-order valence-electron chi connectivity index (χ0n) is 15.9. The van der Waals surface area contributed by atoms with Crippen molar-refractivity contribution in [1.82, 2.24) is 0 Å². The molecule has 2 atom stereocenters. The van der Waals surface area contributed by atoms with Gasteiger partial charge in [-0.25, -0.2) is 10.4 Å². The summed E-state index contributed by atoms with van der Waals surface area (Å²) in [5.74, 6) is -3.02. The Kier molecular flexibility index (Phi) is 5.13. The first kappa shape index (κ1) is 19.8. The molecule has 1 aliphatic carbocycles. The molecule has 0 radical (unpaired) electrons. The van der Waals surface area contributed by atoms with Gasteiger partial charge in [0.2, 0.25) is 11.6 Å². The number of carbonyl (C=O) groups excluding carboxylic acids is 3. The van der Waals surface area contributed by atoms with E-state index in [-0.39, 0.29) is 23.3 Å². The fraction of sp³-hybridized carbons (Fsp3) is 0.125. The summed E-state index contributed by atoms with van der Waals surface area (Å²) in [6.07, 6.45) is -0.286. The molecule has 6 nitrogen and oxygen atoms in total. The van der Waals surface area contributed by atoms with Crippen LogP contribution in [-0.4, -0.2) is 28.1 Å². The van der Waals surface area contributed by atoms with E-state index < -0.39 is 28.2 Å². The van der Waals surface area contributed by atoms with Gasteiger partial charge in [0.1, 0.15) is 0 Å². The van der Waals surface area contributed by atoms with E-state index in [0.29, 0.717) is 11.1 Å². The lowest BCUT2D eigenvalue weighted by Gasteiger charge is -2.38. The molecule has 0 spiro atoms. The van der Waals surface area contributed by atoms with Crippen LogP contribution in [0.15, 0.2) is 84.9 Å². The van der Waals surface area contributed by atoms with Crippen LogP contribution in [0.25, 0.3) is 0 Å². The third-order valence-corrected chi connectivity index (χ3v) is 5.68. The normalized spacial score (nSPS) is 16.7. The van der Waals surface area contributed by atoms with Gasteiger partial charge in [-0.2, -0.15) is 0 Å². The number of ketones is 3. The van der Waals surface area contributed by atoms with E-state index in [9.17, 15) is 24.8 Å². The number of nitrogens with one attached hydrogen (secondary N) is 1. The highest BCUT2D eigenvalue weighted by Crippen LogP contribution is 2.40. The first-order valence-electron chi connectivity index (χ1n) is 9.53. The van der Waals surface area contributed by atoms with E-state index in [1.807, 2.05) is 0 Å². The van der Waals surface area contributed by atoms with Crippen molar-refractivity contribution in [2.45, 2.75) is 17.9 Å². The summed E-state index contributed by atoms with van der Waals surface area (Å²) in [4.78, 5) is 39.8. The number of Topliss-reactive ketones (excluding diaryl/α,β-unsaturated/α-hetero) is 3. The van der Waals surface area contributed by atoms with E-state index in [0.717, 1.165) is 0 Å². The molecule has 0 aliphatic heterocycles. The number of fused-ring (bicyclic) bond motifs is 1. The number of rotatable bonds is 6. The van der Waals surface area contributed by atoms with Crippen molar-refractivity contribution in [1.29, 1.82) is 0 Å². The van der Waals surface area contributed by atoms with Crippen LogP contribution in [0, 0.1) is 5.21 Å². The number of benzene rings is 3. The minimum absolute atomic E-state index is 0.0815. The molecule has 4 rings (SSSR count). The second-order valence-corrected chi connectivity index (χ2v) is 7.27. The van der Waals surface area contributed by atoms with Gasteiger partial charge in [-0.3, -0.25) is 14.4 Å². The number of hydrogen-bond acceptors (Lipinski definition) is 5. The van der Waals surface area contributed by atoms with Crippen molar-refractivity contribution in [2.75, 3.05) is 0 Å². The molecule has 1 aliphatic rings. The van der Waals surface area contributed by atoms with Gasteiger partial charge in [-0.15, -0.1) is 0 Å². The van der Waals surface area contributed by atoms with Crippen LogP contribution < -0.4 is 5.23 Å². The fourth-order valence-corrected chi connectivity index (χ4v) is 4.20. The topological polar surface area (TPSA) is 98.9 Å². The van der Waals surface area contributed by atoms with Crippen molar-refractivity contribution in [2.24, 2.45) is 0 Å². The standard InChI is InChI=1S/C24H19NO5/c26-21(17-11-5-2-6-12-17)15-20(16-9-3-1-4-10-16)24(25(29)30)22(27)18-13-7-8-14-19(18)23(24)28/h1-14,20,25,29H,15H2/t20-/m1/s1. The van der Waals surface area contributed by atoms with Crippen LogP contribution in [-0.2, 0) is 0 Å². The van der Waals surface area contributed by atoms with Crippen LogP contribution >= 0.6 is 0 Å². The largest absolute Gasteiger partial charge is 0.599 e. The summed E-state index contributed by atoms with van der Waals surface area (Å²) in [5, 5.41) is 21.3. The SMILES string of the molecule is O=C(C[C@H](c1ccccc1)C1([NH+]([O-])O)C(=O)c2ccccc2C1=O)c1ccccc1. The molecule has 30 heavy (non-hydrogen) atoms. The van der Waals surface area contributed by atoms with Crippen LogP contribution in [0.1, 0.15) is 49.0 Å². The molecule has 6 heteroatoms. The average Bonchev–Trinajstić information content (AvgIpc) is 3.01. The molecular weight excluding hydrogens is 382 g/mol. The molecule has 150 valence electrons. The van der Waals surface area contributed by atoms with Crippen molar-refractivity contribution in [3.05, 3.63) is 112 Å². The molecule has 2 N–H and O–H groups in total. The maximum atomic E-state index is 13.4. The average molecular weight is 401 g/mol. The van der Waals surface area contributed by atoms with Crippen molar-refractivity contribution in [3.8, 4) is 0 Å². The van der Waals surface area contributed by atoms with E-state index in [4.69, 9.17) is 0 Å². The van der Waals surface area contributed by atoms with Crippen LogP contribution in [0.5, 0.6) is 0 Å². The maximum absolute atomic E-state index is 13.4. The number of hydrogen-bond donors (Lipinski definition) is 2. The molecule has 0 aromatic heterocycles. The number of carbonyl (C=O) groups is 3. The lowest BCUT2D eigenvalue weighted by atomic mass is 9.73. The number of hydroxylamine groups is 2. The van der Waals surface area contributed by atoms with Crippen LogP contribution in [0.2, 0.25) is 0 Å². The highest BCUT2D eigenvalue weighted by atomic mass is 16.8. The van der Waals surface area contributed by atoms with Gasteiger partial charge in [-0.1, -0.05) is 84.9 Å². The van der Waals surface area contributed by atoms with E-state index in [1.165, 1.54) is 12.1 Å². The Morgan fingerprint density at radius 3 is 1.80 bits per heavy atom. The number of quaternary nitrogens is 1. The third-order valence-electron chi connectivity index (χ3n) is 5.68. The Labute approximate surface area is 172 Å².